The molecule has 0 radical (unpaired) electrons. The summed E-state index contributed by atoms with van der Waals surface area (Å²) >= 11 is 2.98. The number of aryl methyl sites for hydroxylation is 2. The summed E-state index contributed by atoms with van der Waals surface area (Å²) in [6.07, 6.45) is 0. The van der Waals surface area contributed by atoms with Gasteiger partial charge in [-0.15, -0.1) is 21.5 Å². The van der Waals surface area contributed by atoms with Gasteiger partial charge < -0.3 is 10.2 Å². The van der Waals surface area contributed by atoms with Crippen LogP contribution in [0.1, 0.15) is 36.0 Å². The van der Waals surface area contributed by atoms with Crippen LogP contribution in [0.3, 0.4) is 0 Å². The van der Waals surface area contributed by atoms with E-state index in [1.165, 1.54) is 21.5 Å². The van der Waals surface area contributed by atoms with Gasteiger partial charge in [-0.25, -0.2) is 4.98 Å². The number of fused-ring (bicyclic) bond motifs is 4. The summed E-state index contributed by atoms with van der Waals surface area (Å²) < 4.78 is 1.97. The van der Waals surface area contributed by atoms with Crippen LogP contribution in [0, 0.1) is 13.8 Å². The van der Waals surface area contributed by atoms with E-state index < -0.39 is 0 Å². The summed E-state index contributed by atoms with van der Waals surface area (Å²) in [7, 11) is 0. The minimum atomic E-state index is -0.202. The molecule has 164 valence electrons. The predicted molar refractivity (Wildman–Crippen MR) is 128 cm³/mol. The Balaban J connectivity index is 1.50. The van der Waals surface area contributed by atoms with Gasteiger partial charge in [0.15, 0.2) is 10.8 Å². The first-order valence-corrected chi connectivity index (χ1v) is 12.1. The summed E-state index contributed by atoms with van der Waals surface area (Å²) in [4.78, 5) is 33.8. The standard InChI is InChI=1S/C22H22N6O2S2/c1-11(2)19-24-21-18(12(3)13(4)32-21)20-25-26-22(28(19)20)31-10-17(30)27-9-16(29)23-14-7-5-6-8-15(14)27/h5-8,11H,9-10H2,1-4H3,(H,23,29). The third kappa shape index (κ3) is 3.34. The van der Waals surface area contributed by atoms with Crippen molar-refractivity contribution >= 4 is 62.2 Å². The molecule has 4 heterocycles. The third-order valence-electron chi connectivity index (χ3n) is 5.58. The van der Waals surface area contributed by atoms with E-state index in [0.29, 0.717) is 16.5 Å². The summed E-state index contributed by atoms with van der Waals surface area (Å²) in [6.45, 7) is 8.34. The SMILES string of the molecule is Cc1sc2nc(C(C)C)n3c(SCC(=O)N4CC(=O)Nc5ccccc54)nnc3c2c1C. The van der Waals surface area contributed by atoms with Crippen LogP contribution in [0.25, 0.3) is 15.9 Å². The van der Waals surface area contributed by atoms with E-state index >= 15 is 0 Å². The maximum absolute atomic E-state index is 13.1. The van der Waals surface area contributed by atoms with Gasteiger partial charge >= 0.3 is 0 Å². The Kier molecular flexibility index (Phi) is 5.13. The van der Waals surface area contributed by atoms with E-state index in [-0.39, 0.29) is 30.0 Å². The van der Waals surface area contributed by atoms with Gasteiger partial charge in [-0.1, -0.05) is 37.7 Å². The fraction of sp³-hybridized carbons (Fsp3) is 0.318. The van der Waals surface area contributed by atoms with Crippen LogP contribution < -0.4 is 10.2 Å². The zero-order valence-electron chi connectivity index (χ0n) is 18.2. The van der Waals surface area contributed by atoms with E-state index in [1.807, 2.05) is 22.6 Å². The Hall–Kier alpha value is -2.98. The molecular formula is C22H22N6O2S2. The van der Waals surface area contributed by atoms with Gasteiger partial charge in [0, 0.05) is 10.8 Å². The maximum atomic E-state index is 13.1. The number of para-hydroxylation sites is 2. The molecule has 10 heteroatoms. The summed E-state index contributed by atoms with van der Waals surface area (Å²) in [6, 6.07) is 7.32. The second kappa shape index (κ2) is 7.86. The number of hydrogen-bond acceptors (Lipinski definition) is 7. The number of carbonyl (C=O) groups is 2. The molecule has 0 unspecified atom stereocenters. The number of nitrogens with one attached hydrogen (secondary N) is 1. The van der Waals surface area contributed by atoms with Gasteiger partial charge in [0.1, 0.15) is 17.2 Å². The molecule has 4 aromatic rings. The Morgan fingerprint density at radius 1 is 1.25 bits per heavy atom. The molecule has 0 saturated heterocycles. The van der Waals surface area contributed by atoms with Crippen molar-refractivity contribution in [3.8, 4) is 0 Å². The van der Waals surface area contributed by atoms with Gasteiger partial charge in [-0.3, -0.25) is 14.0 Å². The van der Waals surface area contributed by atoms with E-state index in [1.54, 1.807) is 17.4 Å². The van der Waals surface area contributed by atoms with Crippen molar-refractivity contribution in [1.82, 2.24) is 19.6 Å². The molecule has 0 fully saturated rings. The smallest absolute Gasteiger partial charge is 0.244 e. The van der Waals surface area contributed by atoms with Crippen LogP contribution in [-0.4, -0.2) is 43.7 Å². The summed E-state index contributed by atoms with van der Waals surface area (Å²) in [5, 5.41) is 13.3. The van der Waals surface area contributed by atoms with Gasteiger partial charge in [-0.05, 0) is 31.5 Å². The summed E-state index contributed by atoms with van der Waals surface area (Å²) in [5.74, 6) is 0.813. The number of anilines is 2. The van der Waals surface area contributed by atoms with Crippen molar-refractivity contribution in [3.05, 3.63) is 40.5 Å². The number of thiophene rings is 1. The topological polar surface area (TPSA) is 92.5 Å². The molecule has 0 bridgehead atoms. The lowest BCUT2D eigenvalue weighted by molar-refractivity contribution is -0.120. The number of amides is 2. The second-order valence-corrected chi connectivity index (χ2v) is 10.2. The van der Waals surface area contributed by atoms with Crippen molar-refractivity contribution in [2.75, 3.05) is 22.5 Å². The van der Waals surface area contributed by atoms with Crippen LogP contribution >= 0.6 is 23.1 Å². The number of hydrogen-bond donors (Lipinski definition) is 1. The molecule has 0 aliphatic carbocycles. The second-order valence-electron chi connectivity index (χ2n) is 8.06. The van der Waals surface area contributed by atoms with Gasteiger partial charge in [0.05, 0.1) is 22.5 Å². The fourth-order valence-corrected chi connectivity index (χ4v) is 5.73. The Morgan fingerprint density at radius 3 is 2.81 bits per heavy atom. The number of rotatable bonds is 4. The van der Waals surface area contributed by atoms with E-state index in [4.69, 9.17) is 4.98 Å². The molecular weight excluding hydrogens is 444 g/mol. The molecule has 2 amide bonds. The predicted octanol–water partition coefficient (Wildman–Crippen LogP) is 4.16. The highest BCUT2D eigenvalue weighted by atomic mass is 32.2. The molecule has 32 heavy (non-hydrogen) atoms. The molecule has 3 aromatic heterocycles. The zero-order valence-corrected chi connectivity index (χ0v) is 19.8. The molecule has 0 atom stereocenters. The van der Waals surface area contributed by atoms with Gasteiger partial charge in [0.2, 0.25) is 11.8 Å². The highest BCUT2D eigenvalue weighted by Gasteiger charge is 2.27. The lowest BCUT2D eigenvalue weighted by Gasteiger charge is -2.29. The third-order valence-corrected chi connectivity index (χ3v) is 7.60. The van der Waals surface area contributed by atoms with Crippen LogP contribution in [0.4, 0.5) is 11.4 Å². The summed E-state index contributed by atoms with van der Waals surface area (Å²) in [5.41, 5.74) is 3.29. The first kappa shape index (κ1) is 20.9. The molecule has 1 aliphatic heterocycles. The molecule has 1 N–H and O–H groups in total. The van der Waals surface area contributed by atoms with Crippen molar-refractivity contribution in [3.63, 3.8) is 0 Å². The fourth-order valence-electron chi connectivity index (χ4n) is 3.88. The van der Waals surface area contributed by atoms with Crippen LogP contribution in [0.15, 0.2) is 29.4 Å². The normalized spacial score (nSPS) is 13.8. The highest BCUT2D eigenvalue weighted by Crippen LogP contribution is 2.35. The van der Waals surface area contributed by atoms with Crippen molar-refractivity contribution < 1.29 is 9.59 Å². The average molecular weight is 467 g/mol. The lowest BCUT2D eigenvalue weighted by Crippen LogP contribution is -2.43. The first-order valence-electron chi connectivity index (χ1n) is 10.3. The van der Waals surface area contributed by atoms with E-state index in [0.717, 1.165) is 27.3 Å². The molecule has 1 aliphatic rings. The Bertz CT molecular complexity index is 1390. The van der Waals surface area contributed by atoms with Crippen molar-refractivity contribution in [1.29, 1.82) is 0 Å². The molecule has 0 saturated carbocycles. The highest BCUT2D eigenvalue weighted by molar-refractivity contribution is 7.99. The zero-order chi connectivity index (χ0) is 22.6. The molecule has 1 aromatic carbocycles. The minimum Gasteiger partial charge on any atom is -0.323 e. The minimum absolute atomic E-state index is 0.00375. The number of benzene rings is 1. The van der Waals surface area contributed by atoms with E-state index in [9.17, 15) is 9.59 Å². The number of nitrogens with zero attached hydrogens (tertiary/aromatic N) is 5. The number of carbonyl (C=O) groups excluding carboxylic acids is 2. The first-order chi connectivity index (χ1) is 15.3. The monoisotopic (exact) mass is 466 g/mol. The van der Waals surface area contributed by atoms with Crippen LogP contribution in [-0.2, 0) is 9.59 Å². The number of thioether (sulfide) groups is 1. The lowest BCUT2D eigenvalue weighted by atomic mass is 10.2. The Labute approximate surface area is 193 Å². The Morgan fingerprint density at radius 2 is 2.03 bits per heavy atom. The van der Waals surface area contributed by atoms with Crippen LogP contribution in [0.2, 0.25) is 0 Å². The van der Waals surface area contributed by atoms with Crippen LogP contribution in [0.5, 0.6) is 0 Å². The molecule has 5 rings (SSSR count). The van der Waals surface area contributed by atoms with Gasteiger partial charge in [-0.2, -0.15) is 0 Å². The van der Waals surface area contributed by atoms with Gasteiger partial charge in [0.25, 0.3) is 0 Å². The molecule has 8 nitrogen and oxygen atoms in total. The average Bonchev–Trinajstić information content (AvgIpc) is 3.31. The number of aromatic nitrogens is 4. The largest absolute Gasteiger partial charge is 0.323 e. The van der Waals surface area contributed by atoms with Crippen molar-refractivity contribution in [2.24, 2.45) is 0 Å². The van der Waals surface area contributed by atoms with E-state index in [2.05, 4.69) is 43.2 Å². The molecule has 0 spiro atoms. The van der Waals surface area contributed by atoms with Crippen molar-refractivity contribution in [2.45, 2.75) is 38.8 Å². The maximum Gasteiger partial charge on any atom is 0.244 e. The quantitative estimate of drug-likeness (QED) is 0.454.